The van der Waals surface area contributed by atoms with Crippen LogP contribution >= 0.6 is 22.9 Å². The van der Waals surface area contributed by atoms with E-state index in [2.05, 4.69) is 9.97 Å². The fraction of sp³-hybridized carbons (Fsp3) is 0.0909. The summed E-state index contributed by atoms with van der Waals surface area (Å²) in [5.41, 5.74) is 0.876. The Kier molecular flexibility index (Phi) is 3.14. The molecule has 0 bridgehead atoms. The summed E-state index contributed by atoms with van der Waals surface area (Å²) in [5.74, 6) is 0.647. The van der Waals surface area contributed by atoms with Crippen molar-refractivity contribution in [2.75, 3.05) is 0 Å². The molecule has 0 aliphatic rings. The molecule has 0 atom stereocenters. The highest BCUT2D eigenvalue weighted by Crippen LogP contribution is 2.13. The number of aryl methyl sites for hydroxylation is 1. The van der Waals surface area contributed by atoms with Crippen LogP contribution < -0.4 is 0 Å². The normalized spacial score (nSPS) is 11.1. The van der Waals surface area contributed by atoms with Gasteiger partial charge in [0, 0.05) is 10.6 Å². The largest absolute Gasteiger partial charge is 0.234 e. The summed E-state index contributed by atoms with van der Waals surface area (Å²) >= 11 is 7.50. The van der Waals surface area contributed by atoms with E-state index in [0.717, 1.165) is 5.69 Å². The molecule has 15 heavy (non-hydrogen) atoms. The minimum atomic E-state index is 0.480. The average molecular weight is 237 g/mol. The molecule has 0 fully saturated rings. The van der Waals surface area contributed by atoms with E-state index in [-0.39, 0.29) is 0 Å². The van der Waals surface area contributed by atoms with E-state index < -0.39 is 0 Å². The minimum Gasteiger partial charge on any atom is -0.234 e. The van der Waals surface area contributed by atoms with Crippen LogP contribution in [0.15, 0.2) is 23.6 Å². The Labute approximate surface area is 97.3 Å². The molecule has 2 nitrogen and oxygen atoms in total. The van der Waals surface area contributed by atoms with Crippen LogP contribution in [0.4, 0.5) is 0 Å². The van der Waals surface area contributed by atoms with E-state index in [0.29, 0.717) is 11.0 Å². The second-order valence-electron chi connectivity index (χ2n) is 3.04. The van der Waals surface area contributed by atoms with Crippen LogP contribution in [0.5, 0.6) is 0 Å². The molecule has 2 rings (SSSR count). The number of hydrogen-bond donors (Lipinski definition) is 0. The van der Waals surface area contributed by atoms with Crippen molar-refractivity contribution in [3.63, 3.8) is 0 Å². The first-order valence-corrected chi connectivity index (χ1v) is 5.72. The average Bonchev–Trinajstić information content (AvgIpc) is 2.65. The lowest BCUT2D eigenvalue weighted by Crippen LogP contribution is -1.90. The van der Waals surface area contributed by atoms with Crippen LogP contribution in [0.25, 0.3) is 12.2 Å². The summed E-state index contributed by atoms with van der Waals surface area (Å²) < 4.78 is 0. The lowest BCUT2D eigenvalue weighted by molar-refractivity contribution is 1.08. The highest BCUT2D eigenvalue weighted by molar-refractivity contribution is 7.10. The van der Waals surface area contributed by atoms with Gasteiger partial charge in [-0.25, -0.2) is 9.97 Å². The maximum Gasteiger partial charge on any atom is 0.153 e. The predicted octanol–water partition coefficient (Wildman–Crippen LogP) is 3.67. The van der Waals surface area contributed by atoms with Crippen molar-refractivity contribution in [3.05, 3.63) is 45.1 Å². The van der Waals surface area contributed by atoms with Gasteiger partial charge in [0.1, 0.15) is 5.15 Å². The molecule has 2 aromatic rings. The first-order valence-electron chi connectivity index (χ1n) is 4.47. The van der Waals surface area contributed by atoms with Crippen LogP contribution in [-0.2, 0) is 0 Å². The summed E-state index contributed by atoms with van der Waals surface area (Å²) in [4.78, 5) is 9.54. The molecule has 0 aliphatic carbocycles. The fourth-order valence-corrected chi connectivity index (χ4v) is 2.03. The fourth-order valence-electron chi connectivity index (χ4n) is 1.17. The third-order valence-corrected chi connectivity index (χ3v) is 2.81. The maximum atomic E-state index is 5.83. The van der Waals surface area contributed by atoms with E-state index in [9.17, 15) is 0 Å². The van der Waals surface area contributed by atoms with Gasteiger partial charge < -0.3 is 0 Å². The van der Waals surface area contributed by atoms with Gasteiger partial charge in [0.05, 0.1) is 0 Å². The molecule has 76 valence electrons. The molecule has 0 saturated heterocycles. The Morgan fingerprint density at radius 3 is 2.87 bits per heavy atom. The van der Waals surface area contributed by atoms with E-state index in [1.54, 1.807) is 17.4 Å². The van der Waals surface area contributed by atoms with Gasteiger partial charge in [0.25, 0.3) is 0 Å². The molecule has 2 heterocycles. The Morgan fingerprint density at radius 2 is 2.20 bits per heavy atom. The number of aromatic nitrogens is 2. The molecule has 0 aromatic carbocycles. The lowest BCUT2D eigenvalue weighted by atomic mass is 10.4. The third kappa shape index (κ3) is 2.88. The molecule has 0 saturated carbocycles. The van der Waals surface area contributed by atoms with Gasteiger partial charge in [-0.3, -0.25) is 0 Å². The van der Waals surface area contributed by atoms with Crippen molar-refractivity contribution in [3.8, 4) is 0 Å². The second-order valence-corrected chi connectivity index (χ2v) is 4.41. The van der Waals surface area contributed by atoms with Crippen molar-refractivity contribution < 1.29 is 0 Å². The standard InChI is InChI=1S/C11H9ClN2S/c1-8-7-10(12)14-11(13-8)5-4-9-3-2-6-15-9/h2-7H,1H3. The molecule has 0 aliphatic heterocycles. The van der Waals surface area contributed by atoms with Gasteiger partial charge in [-0.1, -0.05) is 17.7 Å². The van der Waals surface area contributed by atoms with E-state index >= 15 is 0 Å². The molecular weight excluding hydrogens is 228 g/mol. The monoisotopic (exact) mass is 236 g/mol. The van der Waals surface area contributed by atoms with Crippen LogP contribution in [-0.4, -0.2) is 9.97 Å². The number of hydrogen-bond acceptors (Lipinski definition) is 3. The zero-order valence-corrected chi connectivity index (χ0v) is 9.72. The predicted molar refractivity (Wildman–Crippen MR) is 65.0 cm³/mol. The van der Waals surface area contributed by atoms with Crippen LogP contribution in [0.2, 0.25) is 5.15 Å². The molecule has 2 aromatic heterocycles. The molecule has 0 spiro atoms. The molecule has 0 radical (unpaired) electrons. The minimum absolute atomic E-state index is 0.480. The summed E-state index contributed by atoms with van der Waals surface area (Å²) in [6.07, 6.45) is 3.85. The zero-order chi connectivity index (χ0) is 10.7. The van der Waals surface area contributed by atoms with Gasteiger partial charge in [-0.05, 0) is 36.6 Å². The Hall–Kier alpha value is -1.19. The third-order valence-electron chi connectivity index (χ3n) is 1.78. The zero-order valence-electron chi connectivity index (χ0n) is 8.14. The molecule has 0 unspecified atom stereocenters. The van der Waals surface area contributed by atoms with E-state index in [4.69, 9.17) is 11.6 Å². The number of thiophene rings is 1. The topological polar surface area (TPSA) is 25.8 Å². The van der Waals surface area contributed by atoms with Gasteiger partial charge in [0.2, 0.25) is 0 Å². The first-order chi connectivity index (χ1) is 7.24. The van der Waals surface area contributed by atoms with Crippen LogP contribution in [0, 0.1) is 6.92 Å². The Bertz CT molecular complexity index is 457. The summed E-state index contributed by atoms with van der Waals surface area (Å²) in [6.45, 7) is 1.90. The number of nitrogens with zero attached hydrogens (tertiary/aromatic N) is 2. The quantitative estimate of drug-likeness (QED) is 0.744. The van der Waals surface area contributed by atoms with Crippen molar-refractivity contribution in [1.29, 1.82) is 0 Å². The number of halogens is 1. The van der Waals surface area contributed by atoms with Crippen molar-refractivity contribution in [1.82, 2.24) is 9.97 Å². The number of rotatable bonds is 2. The Morgan fingerprint density at radius 1 is 1.33 bits per heavy atom. The molecular formula is C11H9ClN2S. The van der Waals surface area contributed by atoms with Crippen LogP contribution in [0.1, 0.15) is 16.4 Å². The highest BCUT2D eigenvalue weighted by Gasteiger charge is 1.96. The maximum absolute atomic E-state index is 5.83. The summed E-state index contributed by atoms with van der Waals surface area (Å²) in [5, 5.41) is 2.51. The van der Waals surface area contributed by atoms with Gasteiger partial charge in [-0.15, -0.1) is 11.3 Å². The van der Waals surface area contributed by atoms with E-state index in [1.165, 1.54) is 4.88 Å². The van der Waals surface area contributed by atoms with Gasteiger partial charge in [-0.2, -0.15) is 0 Å². The smallest absolute Gasteiger partial charge is 0.153 e. The molecule has 4 heteroatoms. The van der Waals surface area contributed by atoms with Gasteiger partial charge >= 0.3 is 0 Å². The van der Waals surface area contributed by atoms with Gasteiger partial charge in [0.15, 0.2) is 5.82 Å². The van der Waals surface area contributed by atoms with Crippen molar-refractivity contribution in [2.45, 2.75) is 6.92 Å². The van der Waals surface area contributed by atoms with Crippen molar-refractivity contribution in [2.24, 2.45) is 0 Å². The second kappa shape index (κ2) is 4.55. The summed E-state index contributed by atoms with van der Waals surface area (Å²) in [7, 11) is 0. The van der Waals surface area contributed by atoms with Crippen LogP contribution in [0.3, 0.4) is 0 Å². The SMILES string of the molecule is Cc1cc(Cl)nc(C=Cc2cccs2)n1. The first kappa shape index (κ1) is 10.3. The molecule has 0 amide bonds. The summed E-state index contributed by atoms with van der Waals surface area (Å²) in [6, 6.07) is 5.79. The highest BCUT2D eigenvalue weighted by atomic mass is 35.5. The van der Waals surface area contributed by atoms with Crippen molar-refractivity contribution >= 4 is 35.1 Å². The molecule has 0 N–H and O–H groups in total. The Balaban J connectivity index is 2.24. The van der Waals surface area contributed by atoms with E-state index in [1.807, 2.05) is 36.6 Å². The lowest BCUT2D eigenvalue weighted by Gasteiger charge is -1.95.